The fourth-order valence-corrected chi connectivity index (χ4v) is 3.53. The predicted molar refractivity (Wildman–Crippen MR) is 117 cm³/mol. The highest BCUT2D eigenvalue weighted by molar-refractivity contribution is 14.0. The second-order valence-electron chi connectivity index (χ2n) is 6.90. The molecule has 5 nitrogen and oxygen atoms in total. The lowest BCUT2D eigenvalue weighted by molar-refractivity contribution is -0.143. The van der Waals surface area contributed by atoms with Crippen LogP contribution in [0.15, 0.2) is 41.5 Å². The molecule has 0 amide bonds. The molecule has 1 aliphatic rings. The number of rotatable bonds is 6. The van der Waals surface area contributed by atoms with Crippen LogP contribution in [0.2, 0.25) is 0 Å². The molecular formula is C19H27F3IN5. The molecular weight excluding hydrogens is 482 g/mol. The van der Waals surface area contributed by atoms with Crippen LogP contribution in [0.1, 0.15) is 12.8 Å². The molecule has 1 aromatic carbocycles. The standard InChI is InChI=1S/C19H26F3N5.HI/c1-23-18(25-16-8-11-26(13-16)14-19(20,21)22)24-9-4-10-27-12-7-15-5-2-3-6-17(15)27;/h2-3,5-7,12,16H,4,8-11,13-14H2,1H3,(H2,23,24,25);1H. The number of hydrogen-bond acceptors (Lipinski definition) is 2. The molecule has 0 bridgehead atoms. The molecule has 1 fully saturated rings. The summed E-state index contributed by atoms with van der Waals surface area (Å²) in [5.74, 6) is 0.645. The Morgan fingerprint density at radius 2 is 2.04 bits per heavy atom. The highest BCUT2D eigenvalue weighted by atomic mass is 127. The Balaban J connectivity index is 0.00000280. The third kappa shape index (κ3) is 6.54. The third-order valence-electron chi connectivity index (χ3n) is 4.79. The first kappa shape index (κ1) is 22.8. The van der Waals surface area contributed by atoms with E-state index in [0.717, 1.165) is 19.5 Å². The van der Waals surface area contributed by atoms with Gasteiger partial charge in [-0.2, -0.15) is 13.2 Å². The predicted octanol–water partition coefficient (Wildman–Crippen LogP) is 3.45. The fourth-order valence-electron chi connectivity index (χ4n) is 3.53. The zero-order valence-corrected chi connectivity index (χ0v) is 18.2. The Morgan fingerprint density at radius 3 is 2.79 bits per heavy atom. The number of aromatic nitrogens is 1. The van der Waals surface area contributed by atoms with E-state index in [4.69, 9.17) is 0 Å². The van der Waals surface area contributed by atoms with Crippen molar-refractivity contribution < 1.29 is 13.2 Å². The van der Waals surface area contributed by atoms with Crippen molar-refractivity contribution in [2.75, 3.05) is 33.2 Å². The monoisotopic (exact) mass is 509 g/mol. The first-order valence-corrected chi connectivity index (χ1v) is 9.25. The SMILES string of the molecule is CN=C(NCCCn1ccc2ccccc21)NC1CCN(CC(F)(F)F)C1.I. The van der Waals surface area contributed by atoms with Crippen molar-refractivity contribution in [3.63, 3.8) is 0 Å². The Kier molecular flexibility index (Phi) is 8.41. The number of alkyl halides is 3. The van der Waals surface area contributed by atoms with Gasteiger partial charge < -0.3 is 15.2 Å². The Labute approximate surface area is 180 Å². The molecule has 2 heterocycles. The van der Waals surface area contributed by atoms with Crippen molar-refractivity contribution in [3.8, 4) is 0 Å². The van der Waals surface area contributed by atoms with Crippen LogP contribution >= 0.6 is 24.0 Å². The average Bonchev–Trinajstić information content (AvgIpc) is 3.23. The highest BCUT2D eigenvalue weighted by Gasteiger charge is 2.34. The van der Waals surface area contributed by atoms with Gasteiger partial charge in [0.2, 0.25) is 0 Å². The molecule has 1 aliphatic heterocycles. The third-order valence-corrected chi connectivity index (χ3v) is 4.79. The van der Waals surface area contributed by atoms with Gasteiger partial charge >= 0.3 is 6.18 Å². The summed E-state index contributed by atoms with van der Waals surface area (Å²) >= 11 is 0. The Hall–Kier alpha value is -1.49. The zero-order chi connectivity index (χ0) is 19.3. The molecule has 0 spiro atoms. The molecule has 0 radical (unpaired) electrons. The van der Waals surface area contributed by atoms with Gasteiger partial charge in [0, 0.05) is 51.0 Å². The van der Waals surface area contributed by atoms with Gasteiger partial charge in [-0.05, 0) is 30.4 Å². The molecule has 3 rings (SSSR count). The number of aryl methyl sites for hydroxylation is 1. The van der Waals surface area contributed by atoms with Crippen LogP contribution in [0.25, 0.3) is 10.9 Å². The van der Waals surface area contributed by atoms with E-state index in [1.54, 1.807) is 7.05 Å². The number of likely N-dealkylation sites (tertiary alicyclic amines) is 1. The molecule has 0 aliphatic carbocycles. The topological polar surface area (TPSA) is 44.6 Å². The molecule has 28 heavy (non-hydrogen) atoms. The molecule has 1 saturated heterocycles. The Morgan fingerprint density at radius 1 is 1.25 bits per heavy atom. The summed E-state index contributed by atoms with van der Waals surface area (Å²) in [6.45, 7) is 1.62. The van der Waals surface area contributed by atoms with Crippen LogP contribution in [0.4, 0.5) is 13.2 Å². The summed E-state index contributed by atoms with van der Waals surface area (Å²) < 4.78 is 39.7. The van der Waals surface area contributed by atoms with Gasteiger partial charge in [0.15, 0.2) is 5.96 Å². The van der Waals surface area contributed by atoms with Gasteiger partial charge in [-0.25, -0.2) is 0 Å². The lowest BCUT2D eigenvalue weighted by Crippen LogP contribution is -2.45. The largest absolute Gasteiger partial charge is 0.401 e. The number of hydrogen-bond donors (Lipinski definition) is 2. The van der Waals surface area contributed by atoms with Crippen molar-refractivity contribution in [2.45, 2.75) is 31.6 Å². The summed E-state index contributed by atoms with van der Waals surface area (Å²) in [5, 5.41) is 7.71. The quantitative estimate of drug-likeness (QED) is 0.272. The number of guanidine groups is 1. The lowest BCUT2D eigenvalue weighted by Gasteiger charge is -2.19. The van der Waals surface area contributed by atoms with E-state index >= 15 is 0 Å². The van der Waals surface area contributed by atoms with Gasteiger partial charge in [-0.1, -0.05) is 18.2 Å². The minimum atomic E-state index is -4.14. The summed E-state index contributed by atoms with van der Waals surface area (Å²) in [6, 6.07) is 10.4. The van der Waals surface area contributed by atoms with E-state index in [0.29, 0.717) is 25.5 Å². The molecule has 1 atom stereocenters. The van der Waals surface area contributed by atoms with Crippen LogP contribution in [0.5, 0.6) is 0 Å². The molecule has 1 aromatic heterocycles. The van der Waals surface area contributed by atoms with E-state index in [9.17, 15) is 13.2 Å². The molecule has 0 saturated carbocycles. The van der Waals surface area contributed by atoms with Crippen molar-refractivity contribution in [1.82, 2.24) is 20.1 Å². The van der Waals surface area contributed by atoms with Gasteiger partial charge in [-0.15, -0.1) is 24.0 Å². The van der Waals surface area contributed by atoms with Crippen LogP contribution in [0.3, 0.4) is 0 Å². The van der Waals surface area contributed by atoms with E-state index < -0.39 is 12.7 Å². The second kappa shape index (κ2) is 10.3. The number of halogens is 4. The summed E-state index contributed by atoms with van der Waals surface area (Å²) in [6.07, 6.45) is -0.445. The summed E-state index contributed by atoms with van der Waals surface area (Å²) in [7, 11) is 1.68. The van der Waals surface area contributed by atoms with Crippen molar-refractivity contribution >= 4 is 40.8 Å². The number of nitrogens with zero attached hydrogens (tertiary/aromatic N) is 3. The smallest absolute Gasteiger partial charge is 0.356 e. The fraction of sp³-hybridized carbons (Fsp3) is 0.526. The van der Waals surface area contributed by atoms with Gasteiger partial charge in [0.25, 0.3) is 0 Å². The molecule has 2 aromatic rings. The minimum Gasteiger partial charge on any atom is -0.356 e. The van der Waals surface area contributed by atoms with Crippen molar-refractivity contribution in [3.05, 3.63) is 36.5 Å². The van der Waals surface area contributed by atoms with E-state index in [-0.39, 0.29) is 30.0 Å². The van der Waals surface area contributed by atoms with Gasteiger partial charge in [0.1, 0.15) is 0 Å². The van der Waals surface area contributed by atoms with Crippen LogP contribution < -0.4 is 10.6 Å². The molecule has 9 heteroatoms. The first-order valence-electron chi connectivity index (χ1n) is 9.25. The molecule has 1 unspecified atom stereocenters. The maximum Gasteiger partial charge on any atom is 0.401 e. The second-order valence-corrected chi connectivity index (χ2v) is 6.90. The summed E-state index contributed by atoms with van der Waals surface area (Å²) in [4.78, 5) is 5.62. The Bertz CT molecular complexity index is 774. The minimum absolute atomic E-state index is 0. The summed E-state index contributed by atoms with van der Waals surface area (Å²) in [5.41, 5.74) is 1.22. The van der Waals surface area contributed by atoms with E-state index in [1.165, 1.54) is 15.8 Å². The number of fused-ring (bicyclic) bond motifs is 1. The van der Waals surface area contributed by atoms with Crippen molar-refractivity contribution in [1.29, 1.82) is 0 Å². The normalized spacial score (nSPS) is 18.3. The van der Waals surface area contributed by atoms with Crippen molar-refractivity contribution in [2.24, 2.45) is 4.99 Å². The molecule has 2 N–H and O–H groups in total. The number of benzene rings is 1. The maximum atomic E-state index is 12.5. The van der Waals surface area contributed by atoms with Crippen LogP contribution in [-0.2, 0) is 6.54 Å². The maximum absolute atomic E-state index is 12.5. The number of nitrogens with one attached hydrogen (secondary N) is 2. The number of para-hydroxylation sites is 1. The van der Waals surface area contributed by atoms with Gasteiger partial charge in [0.05, 0.1) is 6.54 Å². The zero-order valence-electron chi connectivity index (χ0n) is 15.9. The lowest BCUT2D eigenvalue weighted by atomic mass is 10.2. The molecule has 156 valence electrons. The number of aliphatic imine (C=N–C) groups is 1. The van der Waals surface area contributed by atoms with Crippen LogP contribution in [0, 0.1) is 0 Å². The van der Waals surface area contributed by atoms with Gasteiger partial charge in [-0.3, -0.25) is 9.89 Å². The van der Waals surface area contributed by atoms with Crippen LogP contribution in [-0.4, -0.2) is 60.9 Å². The first-order chi connectivity index (χ1) is 12.9. The van der Waals surface area contributed by atoms with E-state index in [1.807, 2.05) is 12.1 Å². The average molecular weight is 509 g/mol. The highest BCUT2D eigenvalue weighted by Crippen LogP contribution is 2.20. The van der Waals surface area contributed by atoms with E-state index in [2.05, 4.69) is 44.6 Å².